The van der Waals surface area contributed by atoms with E-state index in [0.29, 0.717) is 11.0 Å². The number of carbonyl (C=O) groups is 1. The third-order valence-corrected chi connectivity index (χ3v) is 4.97. The molecular formula is C17H23BFNO3. The average Bonchev–Trinajstić information content (AvgIpc) is 3.16. The molecule has 0 atom stereocenters. The number of nitrogens with one attached hydrogen (secondary N) is 1. The van der Waals surface area contributed by atoms with Crippen molar-refractivity contribution in [2.75, 3.05) is 0 Å². The van der Waals surface area contributed by atoms with Gasteiger partial charge in [0, 0.05) is 6.04 Å². The Balaban J connectivity index is 1.87. The van der Waals surface area contributed by atoms with Gasteiger partial charge >= 0.3 is 7.12 Å². The second-order valence-corrected chi connectivity index (χ2v) is 7.53. The van der Waals surface area contributed by atoms with E-state index in [-0.39, 0.29) is 17.5 Å². The van der Waals surface area contributed by atoms with Crippen molar-refractivity contribution >= 4 is 18.5 Å². The van der Waals surface area contributed by atoms with Gasteiger partial charge in [-0.1, -0.05) is 6.07 Å². The predicted molar refractivity (Wildman–Crippen MR) is 87.3 cm³/mol. The van der Waals surface area contributed by atoms with Gasteiger partial charge < -0.3 is 14.6 Å². The Morgan fingerprint density at radius 1 is 1.22 bits per heavy atom. The van der Waals surface area contributed by atoms with Crippen molar-refractivity contribution in [2.45, 2.75) is 64.7 Å². The van der Waals surface area contributed by atoms with E-state index in [1.54, 1.807) is 13.0 Å². The molecule has 4 nitrogen and oxygen atoms in total. The highest BCUT2D eigenvalue weighted by atomic mass is 19.1. The van der Waals surface area contributed by atoms with E-state index < -0.39 is 24.1 Å². The first-order valence-corrected chi connectivity index (χ1v) is 8.07. The van der Waals surface area contributed by atoms with Gasteiger partial charge in [0.1, 0.15) is 5.82 Å². The quantitative estimate of drug-likeness (QED) is 0.870. The van der Waals surface area contributed by atoms with Crippen LogP contribution in [0.3, 0.4) is 0 Å². The molecule has 124 valence electrons. The van der Waals surface area contributed by atoms with Crippen LogP contribution in [0.2, 0.25) is 0 Å². The van der Waals surface area contributed by atoms with Crippen LogP contribution >= 0.6 is 0 Å². The van der Waals surface area contributed by atoms with E-state index in [4.69, 9.17) is 9.31 Å². The number of hydrogen-bond acceptors (Lipinski definition) is 3. The maximum atomic E-state index is 14.5. The molecule has 1 saturated carbocycles. The van der Waals surface area contributed by atoms with E-state index in [0.717, 1.165) is 12.8 Å². The predicted octanol–water partition coefficient (Wildman–Crippen LogP) is 2.33. The highest BCUT2D eigenvalue weighted by Crippen LogP contribution is 2.36. The van der Waals surface area contributed by atoms with E-state index in [9.17, 15) is 9.18 Å². The first-order chi connectivity index (χ1) is 10.6. The van der Waals surface area contributed by atoms with Crippen LogP contribution < -0.4 is 10.8 Å². The van der Waals surface area contributed by atoms with Crippen LogP contribution in [-0.2, 0) is 9.31 Å². The lowest BCUT2D eigenvalue weighted by Crippen LogP contribution is -2.41. The van der Waals surface area contributed by atoms with E-state index in [2.05, 4.69) is 5.32 Å². The summed E-state index contributed by atoms with van der Waals surface area (Å²) < 4.78 is 26.4. The first-order valence-electron chi connectivity index (χ1n) is 8.07. The molecule has 1 aromatic carbocycles. The summed E-state index contributed by atoms with van der Waals surface area (Å²) in [5.74, 6) is -0.879. The number of hydrogen-bond donors (Lipinski definition) is 1. The van der Waals surface area contributed by atoms with Crippen molar-refractivity contribution in [3.8, 4) is 0 Å². The SMILES string of the molecule is Cc1cc(B2OC(C)(C)C(C)(C)O2)cc(F)c1C(=O)NC1CC1. The van der Waals surface area contributed by atoms with Gasteiger partial charge in [-0.25, -0.2) is 4.39 Å². The average molecular weight is 319 g/mol. The van der Waals surface area contributed by atoms with E-state index in [1.165, 1.54) is 6.07 Å². The van der Waals surface area contributed by atoms with Gasteiger partial charge in [0.25, 0.3) is 5.91 Å². The molecule has 1 aromatic rings. The molecule has 0 bridgehead atoms. The minimum atomic E-state index is -0.631. The van der Waals surface area contributed by atoms with Crippen LogP contribution in [0.15, 0.2) is 12.1 Å². The van der Waals surface area contributed by atoms with Crippen LogP contribution in [0.1, 0.15) is 56.5 Å². The number of benzene rings is 1. The van der Waals surface area contributed by atoms with Crippen molar-refractivity contribution in [1.29, 1.82) is 0 Å². The number of rotatable bonds is 3. The molecule has 2 aliphatic rings. The monoisotopic (exact) mass is 319 g/mol. The fourth-order valence-corrected chi connectivity index (χ4v) is 2.66. The molecule has 1 aliphatic heterocycles. The molecule has 1 saturated heterocycles. The summed E-state index contributed by atoms with van der Waals surface area (Å²) >= 11 is 0. The summed E-state index contributed by atoms with van der Waals surface area (Å²) in [5, 5.41) is 2.83. The Labute approximate surface area is 136 Å². The fraction of sp³-hybridized carbons (Fsp3) is 0.588. The third-order valence-electron chi connectivity index (χ3n) is 4.97. The summed E-state index contributed by atoms with van der Waals surface area (Å²) in [4.78, 5) is 12.2. The van der Waals surface area contributed by atoms with Crippen LogP contribution in [0.4, 0.5) is 4.39 Å². The fourth-order valence-electron chi connectivity index (χ4n) is 2.66. The zero-order chi connectivity index (χ0) is 17.0. The van der Waals surface area contributed by atoms with Gasteiger partial charge in [-0.15, -0.1) is 0 Å². The van der Waals surface area contributed by atoms with Crippen molar-refractivity contribution < 1.29 is 18.5 Å². The molecule has 23 heavy (non-hydrogen) atoms. The molecule has 1 N–H and O–H groups in total. The lowest BCUT2D eigenvalue weighted by molar-refractivity contribution is 0.00578. The van der Waals surface area contributed by atoms with Gasteiger partial charge in [0.15, 0.2) is 0 Å². The first kappa shape index (κ1) is 16.5. The third kappa shape index (κ3) is 3.02. The van der Waals surface area contributed by atoms with Gasteiger partial charge in [-0.2, -0.15) is 0 Å². The zero-order valence-corrected chi connectivity index (χ0v) is 14.3. The molecular weight excluding hydrogens is 296 g/mol. The highest BCUT2D eigenvalue weighted by molar-refractivity contribution is 6.62. The molecule has 2 fully saturated rings. The Bertz CT molecular complexity index is 616. The van der Waals surface area contributed by atoms with Gasteiger partial charge in [0.05, 0.1) is 16.8 Å². The Kier molecular flexibility index (Phi) is 3.80. The summed E-state index contributed by atoms with van der Waals surface area (Å²) in [6, 6.07) is 3.31. The highest BCUT2D eigenvalue weighted by Gasteiger charge is 2.51. The second-order valence-electron chi connectivity index (χ2n) is 7.53. The minimum Gasteiger partial charge on any atom is -0.399 e. The number of aryl methyl sites for hydroxylation is 1. The summed E-state index contributed by atoms with van der Waals surface area (Å²) in [6.45, 7) is 9.54. The molecule has 1 amide bonds. The minimum absolute atomic E-state index is 0.108. The van der Waals surface area contributed by atoms with Crippen molar-refractivity contribution in [3.05, 3.63) is 29.1 Å². The van der Waals surface area contributed by atoms with Gasteiger partial charge in [-0.05, 0) is 64.6 Å². The molecule has 0 unspecified atom stereocenters. The van der Waals surface area contributed by atoms with E-state index in [1.807, 2.05) is 27.7 Å². The maximum absolute atomic E-state index is 14.5. The molecule has 3 rings (SSSR count). The summed E-state index contributed by atoms with van der Waals surface area (Å²) in [7, 11) is -0.631. The molecule has 1 aliphatic carbocycles. The Morgan fingerprint density at radius 2 is 1.78 bits per heavy atom. The standard InChI is InChI=1S/C17H23BFNO3/c1-10-8-11(18-22-16(2,3)17(4,5)23-18)9-13(19)14(10)15(21)20-12-6-7-12/h8-9,12H,6-7H2,1-5H3,(H,20,21). The Hall–Kier alpha value is -1.40. The lowest BCUT2D eigenvalue weighted by atomic mass is 9.77. The normalized spacial score (nSPS) is 22.3. The number of halogens is 1. The van der Waals surface area contributed by atoms with Gasteiger partial charge in [0.2, 0.25) is 0 Å². The molecule has 6 heteroatoms. The van der Waals surface area contributed by atoms with Crippen molar-refractivity contribution in [1.82, 2.24) is 5.32 Å². The molecule has 0 radical (unpaired) electrons. The second kappa shape index (κ2) is 5.31. The lowest BCUT2D eigenvalue weighted by Gasteiger charge is -2.32. The smallest absolute Gasteiger partial charge is 0.399 e. The van der Waals surface area contributed by atoms with Crippen LogP contribution in [0, 0.1) is 12.7 Å². The molecule has 0 spiro atoms. The maximum Gasteiger partial charge on any atom is 0.494 e. The number of carbonyl (C=O) groups excluding carboxylic acids is 1. The van der Waals surface area contributed by atoms with Gasteiger partial charge in [-0.3, -0.25) is 4.79 Å². The largest absolute Gasteiger partial charge is 0.494 e. The van der Waals surface area contributed by atoms with Crippen molar-refractivity contribution in [3.63, 3.8) is 0 Å². The molecule has 1 heterocycles. The zero-order valence-electron chi connectivity index (χ0n) is 14.3. The van der Waals surface area contributed by atoms with Crippen LogP contribution in [-0.4, -0.2) is 30.3 Å². The van der Waals surface area contributed by atoms with Crippen molar-refractivity contribution in [2.24, 2.45) is 0 Å². The Morgan fingerprint density at radius 3 is 2.26 bits per heavy atom. The van der Waals surface area contributed by atoms with E-state index >= 15 is 0 Å². The van der Waals surface area contributed by atoms with Crippen LogP contribution in [0.5, 0.6) is 0 Å². The summed E-state index contributed by atoms with van der Waals surface area (Å²) in [5.41, 5.74) is 0.334. The van der Waals surface area contributed by atoms with Crippen LogP contribution in [0.25, 0.3) is 0 Å². The topological polar surface area (TPSA) is 47.6 Å². The number of amides is 1. The molecule has 0 aromatic heterocycles. The summed E-state index contributed by atoms with van der Waals surface area (Å²) in [6.07, 6.45) is 1.94.